The van der Waals surface area contributed by atoms with E-state index in [9.17, 15) is 0 Å². The van der Waals surface area contributed by atoms with Crippen molar-refractivity contribution in [2.24, 2.45) is 0 Å². The molecular formula is C11H20N2S. The molecular weight excluding hydrogens is 192 g/mol. The molecule has 0 saturated heterocycles. The van der Waals surface area contributed by atoms with E-state index in [0.717, 1.165) is 6.54 Å². The summed E-state index contributed by atoms with van der Waals surface area (Å²) >= 11 is 1.76. The van der Waals surface area contributed by atoms with Crippen molar-refractivity contribution in [1.29, 1.82) is 0 Å². The lowest BCUT2D eigenvalue weighted by Crippen LogP contribution is -2.24. The number of hydrogen-bond donors (Lipinski definition) is 1. The summed E-state index contributed by atoms with van der Waals surface area (Å²) in [4.78, 5) is 5.79. The van der Waals surface area contributed by atoms with Gasteiger partial charge in [-0.3, -0.25) is 0 Å². The third kappa shape index (κ3) is 3.07. The van der Waals surface area contributed by atoms with Crippen molar-refractivity contribution >= 4 is 11.3 Å². The number of nitrogens with zero attached hydrogens (tertiary/aromatic N) is 1. The van der Waals surface area contributed by atoms with Crippen LogP contribution < -0.4 is 5.32 Å². The molecule has 0 fully saturated rings. The summed E-state index contributed by atoms with van der Waals surface area (Å²) in [6, 6.07) is 0.595. The minimum Gasteiger partial charge on any atom is -0.309 e. The highest BCUT2D eigenvalue weighted by molar-refractivity contribution is 7.09. The van der Waals surface area contributed by atoms with Gasteiger partial charge in [0.1, 0.15) is 0 Å². The molecule has 14 heavy (non-hydrogen) atoms. The Bertz CT molecular complexity index is 268. The van der Waals surface area contributed by atoms with Gasteiger partial charge >= 0.3 is 0 Å². The Morgan fingerprint density at radius 2 is 2.14 bits per heavy atom. The Morgan fingerprint density at radius 1 is 1.43 bits per heavy atom. The SMILES string of the molecule is CCC(C)NCc1scnc1C(C)C. The largest absolute Gasteiger partial charge is 0.309 e. The van der Waals surface area contributed by atoms with Gasteiger partial charge in [-0.15, -0.1) is 11.3 Å². The molecule has 1 unspecified atom stereocenters. The van der Waals surface area contributed by atoms with Gasteiger partial charge in [-0.25, -0.2) is 4.98 Å². The molecule has 0 bridgehead atoms. The minimum atomic E-state index is 0.537. The average Bonchev–Trinajstić information content (AvgIpc) is 2.62. The van der Waals surface area contributed by atoms with Crippen LogP contribution in [0.3, 0.4) is 0 Å². The van der Waals surface area contributed by atoms with Crippen LogP contribution in [0.2, 0.25) is 0 Å². The van der Waals surface area contributed by atoms with Crippen LogP contribution in [-0.4, -0.2) is 11.0 Å². The molecule has 1 N–H and O–H groups in total. The zero-order valence-corrected chi connectivity index (χ0v) is 10.3. The van der Waals surface area contributed by atoms with E-state index in [4.69, 9.17) is 0 Å². The summed E-state index contributed by atoms with van der Waals surface area (Å²) in [7, 11) is 0. The molecule has 3 heteroatoms. The Morgan fingerprint density at radius 3 is 2.71 bits per heavy atom. The van der Waals surface area contributed by atoms with Crippen molar-refractivity contribution in [3.8, 4) is 0 Å². The molecule has 0 spiro atoms. The molecule has 1 aromatic rings. The molecule has 1 atom stereocenters. The van der Waals surface area contributed by atoms with E-state index in [0.29, 0.717) is 12.0 Å². The van der Waals surface area contributed by atoms with E-state index in [1.165, 1.54) is 17.0 Å². The predicted molar refractivity (Wildman–Crippen MR) is 62.8 cm³/mol. The number of nitrogens with one attached hydrogen (secondary N) is 1. The average molecular weight is 212 g/mol. The lowest BCUT2D eigenvalue weighted by atomic mass is 10.1. The first kappa shape index (κ1) is 11.7. The third-order valence-corrected chi connectivity index (χ3v) is 3.29. The summed E-state index contributed by atoms with van der Waals surface area (Å²) in [5.41, 5.74) is 3.20. The van der Waals surface area contributed by atoms with E-state index in [2.05, 4.69) is 38.0 Å². The van der Waals surface area contributed by atoms with Crippen molar-refractivity contribution in [2.75, 3.05) is 0 Å². The molecule has 0 aliphatic heterocycles. The summed E-state index contributed by atoms with van der Waals surface area (Å²) in [5, 5.41) is 3.50. The van der Waals surface area contributed by atoms with E-state index in [-0.39, 0.29) is 0 Å². The fourth-order valence-electron chi connectivity index (χ4n) is 1.29. The van der Waals surface area contributed by atoms with Crippen LogP contribution in [0.4, 0.5) is 0 Å². The van der Waals surface area contributed by atoms with Crippen LogP contribution in [0.5, 0.6) is 0 Å². The Balaban J connectivity index is 2.54. The Hall–Kier alpha value is -0.410. The number of thiazole rings is 1. The van der Waals surface area contributed by atoms with Gasteiger partial charge in [0.15, 0.2) is 0 Å². The molecule has 0 aliphatic rings. The Labute approximate surface area is 90.8 Å². The maximum absolute atomic E-state index is 4.40. The Kier molecular flexibility index (Phi) is 4.55. The van der Waals surface area contributed by atoms with Crippen LogP contribution in [0, 0.1) is 0 Å². The van der Waals surface area contributed by atoms with Gasteiger partial charge in [0.05, 0.1) is 11.2 Å². The first-order valence-electron chi connectivity index (χ1n) is 5.30. The van der Waals surface area contributed by atoms with E-state index in [1.54, 1.807) is 11.3 Å². The first-order valence-corrected chi connectivity index (χ1v) is 6.18. The van der Waals surface area contributed by atoms with Crippen molar-refractivity contribution in [1.82, 2.24) is 10.3 Å². The topological polar surface area (TPSA) is 24.9 Å². The first-order chi connectivity index (χ1) is 6.65. The molecule has 1 heterocycles. The molecule has 0 aromatic carbocycles. The fourth-order valence-corrected chi connectivity index (χ4v) is 2.16. The van der Waals surface area contributed by atoms with E-state index < -0.39 is 0 Å². The minimum absolute atomic E-state index is 0.537. The normalized spacial score (nSPS) is 13.5. The van der Waals surface area contributed by atoms with Crippen molar-refractivity contribution < 1.29 is 0 Å². The molecule has 1 aromatic heterocycles. The quantitative estimate of drug-likeness (QED) is 0.811. The van der Waals surface area contributed by atoms with Crippen molar-refractivity contribution in [2.45, 2.75) is 52.6 Å². The number of aromatic nitrogens is 1. The van der Waals surface area contributed by atoms with Gasteiger partial charge in [0, 0.05) is 17.5 Å². The highest BCUT2D eigenvalue weighted by Gasteiger charge is 2.09. The van der Waals surface area contributed by atoms with E-state index in [1.807, 2.05) is 5.51 Å². The van der Waals surface area contributed by atoms with Gasteiger partial charge in [0.2, 0.25) is 0 Å². The highest BCUT2D eigenvalue weighted by Crippen LogP contribution is 2.21. The van der Waals surface area contributed by atoms with Crippen LogP contribution in [0.15, 0.2) is 5.51 Å². The highest BCUT2D eigenvalue weighted by atomic mass is 32.1. The third-order valence-electron chi connectivity index (χ3n) is 2.44. The smallest absolute Gasteiger partial charge is 0.0798 e. The second-order valence-corrected chi connectivity index (χ2v) is 4.94. The van der Waals surface area contributed by atoms with Crippen LogP contribution >= 0.6 is 11.3 Å². The van der Waals surface area contributed by atoms with E-state index >= 15 is 0 Å². The molecule has 80 valence electrons. The predicted octanol–water partition coefficient (Wildman–Crippen LogP) is 3.15. The fraction of sp³-hybridized carbons (Fsp3) is 0.727. The molecule has 0 saturated carbocycles. The van der Waals surface area contributed by atoms with Gasteiger partial charge in [-0.1, -0.05) is 20.8 Å². The summed E-state index contributed by atoms with van der Waals surface area (Å²) in [6.07, 6.45) is 1.18. The second kappa shape index (κ2) is 5.47. The molecule has 0 amide bonds. The van der Waals surface area contributed by atoms with Crippen molar-refractivity contribution in [3.63, 3.8) is 0 Å². The molecule has 2 nitrogen and oxygen atoms in total. The van der Waals surface area contributed by atoms with Gasteiger partial charge < -0.3 is 5.32 Å². The van der Waals surface area contributed by atoms with Crippen molar-refractivity contribution in [3.05, 3.63) is 16.1 Å². The van der Waals surface area contributed by atoms with Gasteiger partial charge in [-0.2, -0.15) is 0 Å². The van der Waals surface area contributed by atoms with Crippen LogP contribution in [-0.2, 0) is 6.54 Å². The maximum Gasteiger partial charge on any atom is 0.0798 e. The lowest BCUT2D eigenvalue weighted by Gasteiger charge is -2.11. The van der Waals surface area contributed by atoms with Crippen LogP contribution in [0.25, 0.3) is 0 Å². The molecule has 1 rings (SSSR count). The molecule has 0 radical (unpaired) electrons. The number of hydrogen-bond acceptors (Lipinski definition) is 3. The second-order valence-electron chi connectivity index (χ2n) is 4.01. The number of rotatable bonds is 5. The summed E-state index contributed by atoms with van der Waals surface area (Å²) in [6.45, 7) is 9.78. The summed E-state index contributed by atoms with van der Waals surface area (Å²) < 4.78 is 0. The zero-order valence-electron chi connectivity index (χ0n) is 9.50. The van der Waals surface area contributed by atoms with Gasteiger partial charge in [0.25, 0.3) is 0 Å². The van der Waals surface area contributed by atoms with Crippen LogP contribution in [0.1, 0.15) is 50.6 Å². The monoisotopic (exact) mass is 212 g/mol. The summed E-state index contributed by atoms with van der Waals surface area (Å²) in [5.74, 6) is 0.537. The van der Waals surface area contributed by atoms with Gasteiger partial charge in [-0.05, 0) is 19.3 Å². The maximum atomic E-state index is 4.40. The molecule has 0 aliphatic carbocycles. The lowest BCUT2D eigenvalue weighted by molar-refractivity contribution is 0.534. The standard InChI is InChI=1S/C11H20N2S/c1-5-9(4)12-6-10-11(8(2)3)13-7-14-10/h7-9,12H,5-6H2,1-4H3. The zero-order chi connectivity index (χ0) is 10.6.